The monoisotopic (exact) mass is 653 g/mol. The highest BCUT2D eigenvalue weighted by atomic mass is 15.0. The first-order valence-corrected chi connectivity index (χ1v) is 17.4. The first-order valence-electron chi connectivity index (χ1n) is 17.4. The number of nitrogens with zero attached hydrogens (tertiary/aromatic N) is 3. The van der Waals surface area contributed by atoms with Gasteiger partial charge in [0, 0.05) is 39.1 Å². The zero-order chi connectivity index (χ0) is 34.1. The Balaban J connectivity index is 1.15. The van der Waals surface area contributed by atoms with E-state index in [2.05, 4.69) is 179 Å². The van der Waals surface area contributed by atoms with Crippen LogP contribution in [-0.2, 0) is 0 Å². The van der Waals surface area contributed by atoms with Gasteiger partial charge in [0.1, 0.15) is 0 Å². The zero-order valence-electron chi connectivity index (χ0n) is 28.3. The normalized spacial score (nSPS) is 12.4. The number of fused-ring (bicyclic) bond motifs is 6. The van der Waals surface area contributed by atoms with Gasteiger partial charge in [-0.25, -0.2) is 0 Å². The lowest BCUT2D eigenvalue weighted by atomic mass is 10.0. The summed E-state index contributed by atoms with van der Waals surface area (Å²) >= 11 is 0. The third-order valence-corrected chi connectivity index (χ3v) is 9.73. The van der Waals surface area contributed by atoms with E-state index in [1.807, 2.05) is 36.5 Å². The van der Waals surface area contributed by atoms with Gasteiger partial charge in [-0.3, -0.25) is 4.99 Å². The molecule has 242 valence electrons. The summed E-state index contributed by atoms with van der Waals surface area (Å²) in [6, 6.07) is 60.7. The van der Waals surface area contributed by atoms with Crippen molar-refractivity contribution >= 4 is 61.2 Å². The molecule has 0 aliphatic heterocycles. The van der Waals surface area contributed by atoms with Gasteiger partial charge >= 0.3 is 0 Å². The predicted molar refractivity (Wildman–Crippen MR) is 218 cm³/mol. The van der Waals surface area contributed by atoms with E-state index in [4.69, 9.17) is 0 Å². The van der Waals surface area contributed by atoms with Crippen LogP contribution >= 0.6 is 0 Å². The van der Waals surface area contributed by atoms with Crippen molar-refractivity contribution in [1.82, 2.24) is 9.13 Å². The van der Waals surface area contributed by atoms with Gasteiger partial charge in [0.2, 0.25) is 0 Å². The van der Waals surface area contributed by atoms with Crippen LogP contribution in [0.25, 0.3) is 77.2 Å². The van der Waals surface area contributed by atoms with Crippen LogP contribution in [0.3, 0.4) is 0 Å². The van der Waals surface area contributed by atoms with Gasteiger partial charge in [-0.1, -0.05) is 115 Å². The lowest BCUT2D eigenvalue weighted by molar-refractivity contribution is 1.18. The Morgan fingerprint density at radius 1 is 0.471 bits per heavy atom. The van der Waals surface area contributed by atoms with E-state index >= 15 is 0 Å². The molecule has 9 rings (SSSR count). The number of rotatable bonds is 7. The van der Waals surface area contributed by atoms with E-state index in [0.717, 1.165) is 22.6 Å². The highest BCUT2D eigenvalue weighted by Gasteiger charge is 2.16. The van der Waals surface area contributed by atoms with Crippen LogP contribution in [0.1, 0.15) is 6.92 Å². The van der Waals surface area contributed by atoms with Crippen LogP contribution in [0, 0.1) is 0 Å². The van der Waals surface area contributed by atoms with Crippen LogP contribution in [0.4, 0.5) is 5.69 Å². The third-order valence-electron chi connectivity index (χ3n) is 9.73. The molecule has 0 saturated carbocycles. The van der Waals surface area contributed by atoms with Crippen molar-refractivity contribution in [3.05, 3.63) is 188 Å². The van der Waals surface area contributed by atoms with Crippen molar-refractivity contribution in [2.24, 2.45) is 4.99 Å². The van der Waals surface area contributed by atoms with Crippen LogP contribution in [0.5, 0.6) is 0 Å². The van der Waals surface area contributed by atoms with Crippen LogP contribution in [0.2, 0.25) is 0 Å². The summed E-state index contributed by atoms with van der Waals surface area (Å²) < 4.78 is 4.72. The minimum absolute atomic E-state index is 0.932. The number of allylic oxidation sites excluding steroid dienone is 4. The summed E-state index contributed by atoms with van der Waals surface area (Å²) in [6.07, 6.45) is 8.21. The highest BCUT2D eigenvalue weighted by Crippen LogP contribution is 2.38. The fraction of sp³-hybridized carbons (Fsp3) is 0.0208. The molecular formula is C48H35N3. The average molecular weight is 654 g/mol. The van der Waals surface area contributed by atoms with Crippen molar-refractivity contribution in [3.63, 3.8) is 0 Å². The fourth-order valence-corrected chi connectivity index (χ4v) is 7.38. The molecule has 2 aromatic heterocycles. The van der Waals surface area contributed by atoms with Gasteiger partial charge in [0.25, 0.3) is 0 Å². The van der Waals surface area contributed by atoms with Gasteiger partial charge in [-0.15, -0.1) is 0 Å². The molecule has 0 bridgehead atoms. The van der Waals surface area contributed by atoms with E-state index in [1.54, 1.807) is 0 Å². The number of hydrogen-bond donors (Lipinski definition) is 0. The molecule has 51 heavy (non-hydrogen) atoms. The Morgan fingerprint density at radius 3 is 1.69 bits per heavy atom. The smallest absolute Gasteiger partial charge is 0.0629 e. The molecule has 0 spiro atoms. The molecule has 0 aliphatic rings. The molecule has 0 saturated heterocycles. The number of benzene rings is 7. The maximum absolute atomic E-state index is 4.69. The largest absolute Gasteiger partial charge is 0.309 e. The minimum atomic E-state index is 0.932. The predicted octanol–water partition coefficient (Wildman–Crippen LogP) is 13.0. The molecule has 0 N–H and O–H groups in total. The number of hydrogen-bond acceptors (Lipinski definition) is 1. The van der Waals surface area contributed by atoms with E-state index in [1.165, 1.54) is 60.3 Å². The average Bonchev–Trinajstić information content (AvgIpc) is 3.70. The molecule has 3 nitrogen and oxygen atoms in total. The summed E-state index contributed by atoms with van der Waals surface area (Å²) in [5, 5.41) is 4.94. The van der Waals surface area contributed by atoms with Crippen molar-refractivity contribution in [2.75, 3.05) is 0 Å². The molecule has 0 amide bonds. The standard InChI is InChI=1S/C48H35N3/c1-2-13-39(30-31-49-38-16-7-4-8-17-38)50-45-20-11-9-18-41(45)43-32-36(24-28-47(43)50)37-25-29-48-44(33-37)42-19-10-12-21-46(42)51(48)40-26-22-35(23-27-40)34-14-5-3-6-15-34/h2-33H,1H3/b13-2-,39-30+,49-31+. The van der Waals surface area contributed by atoms with Gasteiger partial charge in [0.05, 0.1) is 27.8 Å². The topological polar surface area (TPSA) is 22.2 Å². The van der Waals surface area contributed by atoms with Gasteiger partial charge in [0.15, 0.2) is 0 Å². The third kappa shape index (κ3) is 5.46. The molecular weight excluding hydrogens is 619 g/mol. The Kier molecular flexibility index (Phi) is 7.71. The molecule has 0 radical (unpaired) electrons. The highest BCUT2D eigenvalue weighted by molar-refractivity contribution is 6.13. The number of aliphatic imine (C=N–C) groups is 1. The summed E-state index contributed by atoms with van der Waals surface area (Å²) in [6.45, 7) is 2.06. The van der Waals surface area contributed by atoms with Crippen LogP contribution in [0.15, 0.2) is 193 Å². The molecule has 0 atom stereocenters. The SMILES string of the molecule is C\C=C/C(=C\C=N\c1ccccc1)n1c2ccccc2c2cc(-c3ccc4c(c3)c3ccccc3n4-c3ccc(-c4ccccc4)cc3)ccc21. The first-order chi connectivity index (χ1) is 25.3. The second-order valence-electron chi connectivity index (χ2n) is 12.8. The van der Waals surface area contributed by atoms with Crippen molar-refractivity contribution in [3.8, 4) is 27.9 Å². The van der Waals surface area contributed by atoms with Gasteiger partial charge < -0.3 is 9.13 Å². The Hall–Kier alpha value is -6.71. The van der Waals surface area contributed by atoms with E-state index in [-0.39, 0.29) is 0 Å². The molecule has 2 heterocycles. The van der Waals surface area contributed by atoms with Crippen molar-refractivity contribution in [1.29, 1.82) is 0 Å². The second kappa shape index (κ2) is 13.0. The quantitative estimate of drug-likeness (QED) is 0.121. The molecule has 9 aromatic rings. The minimum Gasteiger partial charge on any atom is -0.309 e. The lowest BCUT2D eigenvalue weighted by Crippen LogP contribution is -1.95. The van der Waals surface area contributed by atoms with Crippen molar-refractivity contribution in [2.45, 2.75) is 6.92 Å². The number of aromatic nitrogens is 2. The summed E-state index contributed by atoms with van der Waals surface area (Å²) in [5.41, 5.74) is 12.7. The molecule has 3 heteroatoms. The van der Waals surface area contributed by atoms with Crippen LogP contribution < -0.4 is 0 Å². The molecule has 7 aromatic carbocycles. The molecule has 0 fully saturated rings. The summed E-state index contributed by atoms with van der Waals surface area (Å²) in [5.74, 6) is 0. The maximum Gasteiger partial charge on any atom is 0.0629 e. The molecule has 0 aliphatic carbocycles. The Bertz CT molecular complexity index is 2780. The molecule has 0 unspecified atom stereocenters. The van der Waals surface area contributed by atoms with E-state index in [9.17, 15) is 0 Å². The Morgan fingerprint density at radius 2 is 0.980 bits per heavy atom. The lowest BCUT2D eigenvalue weighted by Gasteiger charge is -2.10. The van der Waals surface area contributed by atoms with Crippen molar-refractivity contribution < 1.29 is 0 Å². The van der Waals surface area contributed by atoms with Gasteiger partial charge in [-0.2, -0.15) is 0 Å². The summed E-state index contributed by atoms with van der Waals surface area (Å²) in [4.78, 5) is 4.69. The fourth-order valence-electron chi connectivity index (χ4n) is 7.38. The zero-order valence-corrected chi connectivity index (χ0v) is 28.3. The number of para-hydroxylation sites is 3. The second-order valence-corrected chi connectivity index (χ2v) is 12.8. The Labute approximate surface area is 297 Å². The van der Waals surface area contributed by atoms with Gasteiger partial charge in [-0.05, 0) is 102 Å². The van der Waals surface area contributed by atoms with Crippen LogP contribution in [-0.4, -0.2) is 15.3 Å². The first kappa shape index (κ1) is 30.4. The maximum atomic E-state index is 4.69. The van der Waals surface area contributed by atoms with E-state index < -0.39 is 0 Å². The summed E-state index contributed by atoms with van der Waals surface area (Å²) in [7, 11) is 0. The van der Waals surface area contributed by atoms with E-state index in [0.29, 0.717) is 0 Å².